The molecule has 2 rings (SSSR count). The van der Waals surface area contributed by atoms with Crippen LogP contribution in [0.3, 0.4) is 0 Å². The van der Waals surface area contributed by atoms with Crippen molar-refractivity contribution in [2.75, 3.05) is 11.5 Å². The van der Waals surface area contributed by atoms with Gasteiger partial charge in [-0.2, -0.15) is 8.42 Å². The molecule has 1 aromatic rings. The molecule has 22 heavy (non-hydrogen) atoms. The van der Waals surface area contributed by atoms with E-state index in [0.29, 0.717) is 17.1 Å². The van der Waals surface area contributed by atoms with Crippen LogP contribution in [-0.4, -0.2) is 39.8 Å². The molecule has 0 spiro atoms. The fraction of sp³-hybridized carbons (Fsp3) is 0.357. The van der Waals surface area contributed by atoms with Crippen molar-refractivity contribution in [2.45, 2.75) is 16.4 Å². The topological polar surface area (TPSA) is 80.7 Å². The minimum Gasteiger partial charge on any atom is -0.466 e. The first-order valence-electron chi connectivity index (χ1n) is 6.41. The third-order valence-corrected chi connectivity index (χ3v) is 7.27. The van der Waals surface area contributed by atoms with Crippen molar-refractivity contribution in [2.24, 2.45) is 0 Å². The normalized spacial score (nSPS) is 24.9. The van der Waals surface area contributed by atoms with E-state index in [4.69, 9.17) is 4.74 Å². The fourth-order valence-corrected chi connectivity index (χ4v) is 6.85. The molecule has 8 heteroatoms. The Hall–Kier alpha value is -0.960. The van der Waals surface area contributed by atoms with Crippen LogP contribution in [-0.2, 0) is 14.9 Å². The largest absolute Gasteiger partial charge is 0.466 e. The second kappa shape index (κ2) is 6.66. The average Bonchev–Trinajstić information content (AvgIpc) is 2.80. The number of para-hydroxylation sites is 1. The average molecular weight is 360 g/mol. The van der Waals surface area contributed by atoms with E-state index in [-0.39, 0.29) is 5.78 Å². The van der Waals surface area contributed by atoms with E-state index in [2.05, 4.69) is 6.58 Å². The van der Waals surface area contributed by atoms with Gasteiger partial charge in [-0.15, -0.1) is 11.8 Å². The third-order valence-electron chi connectivity index (χ3n) is 2.87. The zero-order chi connectivity index (χ0) is 16.4. The van der Waals surface area contributed by atoms with Crippen LogP contribution in [0.25, 0.3) is 0 Å². The molecule has 5 nitrogen and oxygen atoms in total. The third kappa shape index (κ3) is 4.52. The molecular weight excluding hydrogens is 344 g/mol. The van der Waals surface area contributed by atoms with Gasteiger partial charge in [0.15, 0.2) is 5.78 Å². The standard InChI is InChI=1S/C14H16O5S3/c1-10(2)13(15)12-8-20-14(21-12,9-22(16,17)18)19-11-6-4-3-5-7-11/h3-7,12H,1,8-9H2,2H3,(H,16,17,18). The summed E-state index contributed by atoms with van der Waals surface area (Å²) in [4.78, 5) is 12.0. The Kier molecular flexibility index (Phi) is 5.26. The maximum absolute atomic E-state index is 12.0. The van der Waals surface area contributed by atoms with Crippen LogP contribution in [0.5, 0.6) is 5.75 Å². The van der Waals surface area contributed by atoms with Crippen molar-refractivity contribution in [3.8, 4) is 5.75 Å². The molecular formula is C14H16O5S3. The number of carbonyl (C=O) groups is 1. The first kappa shape index (κ1) is 17.4. The molecule has 0 amide bonds. The van der Waals surface area contributed by atoms with Gasteiger partial charge in [-0.25, -0.2) is 0 Å². The first-order valence-corrected chi connectivity index (χ1v) is 9.89. The highest BCUT2D eigenvalue weighted by Crippen LogP contribution is 2.50. The van der Waals surface area contributed by atoms with E-state index >= 15 is 0 Å². The molecule has 1 saturated heterocycles. The van der Waals surface area contributed by atoms with E-state index < -0.39 is 25.4 Å². The predicted molar refractivity (Wildman–Crippen MR) is 89.9 cm³/mol. The van der Waals surface area contributed by atoms with Crippen molar-refractivity contribution >= 4 is 39.4 Å². The molecule has 2 unspecified atom stereocenters. The second-order valence-electron chi connectivity index (χ2n) is 4.89. The number of rotatable bonds is 6. The van der Waals surface area contributed by atoms with Crippen LogP contribution in [0.2, 0.25) is 0 Å². The lowest BCUT2D eigenvalue weighted by molar-refractivity contribution is -0.114. The number of hydrogen-bond acceptors (Lipinski definition) is 6. The Balaban J connectivity index is 2.25. The van der Waals surface area contributed by atoms with Crippen molar-refractivity contribution in [1.29, 1.82) is 0 Å². The second-order valence-corrected chi connectivity index (χ2v) is 9.34. The van der Waals surface area contributed by atoms with Crippen LogP contribution in [0.1, 0.15) is 6.92 Å². The number of thioether (sulfide) groups is 2. The predicted octanol–water partition coefficient (Wildman–Crippen LogP) is 2.60. The van der Waals surface area contributed by atoms with E-state index in [1.54, 1.807) is 31.2 Å². The van der Waals surface area contributed by atoms with Gasteiger partial charge >= 0.3 is 0 Å². The fourth-order valence-electron chi connectivity index (χ4n) is 1.94. The Morgan fingerprint density at radius 1 is 1.45 bits per heavy atom. The van der Waals surface area contributed by atoms with Crippen molar-refractivity contribution < 1.29 is 22.5 Å². The summed E-state index contributed by atoms with van der Waals surface area (Å²) < 4.78 is 36.5. The molecule has 0 aliphatic carbocycles. The smallest absolute Gasteiger partial charge is 0.270 e. The maximum atomic E-state index is 12.0. The summed E-state index contributed by atoms with van der Waals surface area (Å²) in [5.74, 6) is 0.157. The van der Waals surface area contributed by atoms with Gasteiger partial charge in [-0.3, -0.25) is 9.35 Å². The summed E-state index contributed by atoms with van der Waals surface area (Å²) in [5.41, 5.74) is 0.417. The monoisotopic (exact) mass is 360 g/mol. The van der Waals surface area contributed by atoms with E-state index in [0.717, 1.165) is 11.8 Å². The Morgan fingerprint density at radius 2 is 2.09 bits per heavy atom. The molecule has 0 aromatic heterocycles. The van der Waals surface area contributed by atoms with E-state index in [1.807, 2.05) is 6.07 Å². The number of ketones is 1. The number of allylic oxidation sites excluding steroid dienone is 1. The van der Waals surface area contributed by atoms with Crippen molar-refractivity contribution in [3.05, 3.63) is 42.5 Å². The van der Waals surface area contributed by atoms with Crippen LogP contribution in [0.15, 0.2) is 42.5 Å². The summed E-state index contributed by atoms with van der Waals surface area (Å²) in [6.07, 6.45) is 0. The molecule has 1 aliphatic heterocycles. The van der Waals surface area contributed by atoms with Crippen LogP contribution >= 0.6 is 23.5 Å². The van der Waals surface area contributed by atoms with Crippen LogP contribution in [0.4, 0.5) is 0 Å². The zero-order valence-corrected chi connectivity index (χ0v) is 14.3. The highest BCUT2D eigenvalue weighted by Gasteiger charge is 2.48. The quantitative estimate of drug-likeness (QED) is 0.617. The Morgan fingerprint density at radius 3 is 2.64 bits per heavy atom. The summed E-state index contributed by atoms with van der Waals surface area (Å²) in [6, 6.07) is 8.72. The minimum atomic E-state index is -4.26. The highest BCUT2D eigenvalue weighted by atomic mass is 32.2. The lowest BCUT2D eigenvalue weighted by Crippen LogP contribution is -2.35. The van der Waals surface area contributed by atoms with Crippen molar-refractivity contribution in [1.82, 2.24) is 0 Å². The van der Waals surface area contributed by atoms with Gasteiger partial charge in [-0.1, -0.05) is 36.5 Å². The zero-order valence-electron chi connectivity index (χ0n) is 11.9. The molecule has 0 radical (unpaired) electrons. The number of Topliss-reactive ketones (excluding diaryl/α,β-unsaturated/α-hetero) is 1. The van der Waals surface area contributed by atoms with Crippen LogP contribution in [0, 0.1) is 0 Å². The summed E-state index contributed by atoms with van der Waals surface area (Å²) >= 11 is 2.31. The minimum absolute atomic E-state index is 0.133. The van der Waals surface area contributed by atoms with Gasteiger partial charge in [0.25, 0.3) is 10.1 Å². The van der Waals surface area contributed by atoms with Gasteiger partial charge in [0.1, 0.15) is 11.5 Å². The molecule has 120 valence electrons. The van der Waals surface area contributed by atoms with E-state index in [9.17, 15) is 17.8 Å². The van der Waals surface area contributed by atoms with Gasteiger partial charge < -0.3 is 4.74 Å². The Labute approximate surface area is 138 Å². The summed E-state index contributed by atoms with van der Waals surface area (Å²) in [5, 5.41) is -0.437. The number of hydrogen-bond donors (Lipinski definition) is 1. The number of carbonyl (C=O) groups excluding carboxylic acids is 1. The van der Waals surface area contributed by atoms with Gasteiger partial charge in [0.05, 0.1) is 5.25 Å². The molecule has 1 aliphatic rings. The van der Waals surface area contributed by atoms with Gasteiger partial charge in [0, 0.05) is 5.75 Å². The van der Waals surface area contributed by atoms with E-state index in [1.165, 1.54) is 11.8 Å². The molecule has 1 aromatic carbocycles. The number of ether oxygens (including phenoxy) is 1. The molecule has 0 bridgehead atoms. The summed E-state index contributed by atoms with van der Waals surface area (Å²) in [7, 11) is -4.26. The lowest BCUT2D eigenvalue weighted by atomic mass is 10.2. The number of benzene rings is 1. The molecule has 1 fully saturated rings. The summed E-state index contributed by atoms with van der Waals surface area (Å²) in [6.45, 7) is 5.24. The molecule has 2 atom stereocenters. The van der Waals surface area contributed by atoms with Crippen LogP contribution < -0.4 is 4.74 Å². The Bertz CT molecular complexity index is 671. The lowest BCUT2D eigenvalue weighted by Gasteiger charge is -2.27. The maximum Gasteiger partial charge on any atom is 0.270 e. The van der Waals surface area contributed by atoms with Gasteiger partial charge in [0.2, 0.25) is 4.27 Å². The highest BCUT2D eigenvalue weighted by molar-refractivity contribution is 8.22. The SMILES string of the molecule is C=C(C)C(=O)C1CSC(CS(=O)(=O)O)(Oc2ccccc2)S1. The molecule has 1 N–H and O–H groups in total. The van der Waals surface area contributed by atoms with Gasteiger partial charge in [-0.05, 0) is 24.6 Å². The molecule has 0 saturated carbocycles. The van der Waals surface area contributed by atoms with Crippen molar-refractivity contribution in [3.63, 3.8) is 0 Å². The first-order chi connectivity index (χ1) is 10.2. The molecule has 1 heterocycles.